The first-order valence-corrected chi connectivity index (χ1v) is 10.6. The summed E-state index contributed by atoms with van der Waals surface area (Å²) in [5.74, 6) is -1.17. The summed E-state index contributed by atoms with van der Waals surface area (Å²) in [7, 11) is 0. The predicted molar refractivity (Wildman–Crippen MR) is 115 cm³/mol. The van der Waals surface area contributed by atoms with E-state index in [-0.39, 0.29) is 17.5 Å². The van der Waals surface area contributed by atoms with Gasteiger partial charge in [-0.1, -0.05) is 30.3 Å². The molecule has 1 heterocycles. The van der Waals surface area contributed by atoms with Crippen molar-refractivity contribution in [1.29, 1.82) is 0 Å². The lowest BCUT2D eigenvalue weighted by Gasteiger charge is -2.13. The van der Waals surface area contributed by atoms with Crippen molar-refractivity contribution in [3.05, 3.63) is 77.9 Å². The maximum atomic E-state index is 12.5. The minimum atomic E-state index is -0.876. The third kappa shape index (κ3) is 5.45. The lowest BCUT2D eigenvalue weighted by Crippen LogP contribution is -2.17. The number of hydrogen-bond donors (Lipinski definition) is 3. The zero-order valence-corrected chi connectivity index (χ0v) is 17.1. The van der Waals surface area contributed by atoms with Crippen LogP contribution in [-0.4, -0.2) is 37.4 Å². The number of thioether (sulfide) groups is 1. The van der Waals surface area contributed by atoms with Crippen LogP contribution in [0, 0.1) is 5.92 Å². The Hall–Kier alpha value is -3.19. The Morgan fingerprint density at radius 3 is 2.07 bits per heavy atom. The number of carboxylic acid groups (broad SMARTS) is 1. The highest BCUT2D eigenvalue weighted by molar-refractivity contribution is 7.99. The second-order valence-electron chi connectivity index (χ2n) is 6.91. The lowest BCUT2D eigenvalue weighted by atomic mass is 10.0. The van der Waals surface area contributed by atoms with Crippen molar-refractivity contribution in [2.24, 2.45) is 5.92 Å². The van der Waals surface area contributed by atoms with Gasteiger partial charge in [0, 0.05) is 40.5 Å². The van der Waals surface area contributed by atoms with Crippen LogP contribution in [0.5, 0.6) is 11.8 Å². The highest BCUT2D eigenvalue weighted by Gasteiger charge is 2.18. The number of carbonyl (C=O) groups excluding carboxylic acids is 1. The normalized spacial score (nSPS) is 11.9. The topological polar surface area (TPSA) is 99.8 Å². The van der Waals surface area contributed by atoms with Crippen LogP contribution < -0.4 is 0 Å². The van der Waals surface area contributed by atoms with Gasteiger partial charge in [-0.3, -0.25) is 14.2 Å². The summed E-state index contributed by atoms with van der Waals surface area (Å²) in [6.45, 7) is 0.343. The molecule has 0 fully saturated rings. The van der Waals surface area contributed by atoms with Crippen molar-refractivity contribution in [2.75, 3.05) is 5.75 Å². The van der Waals surface area contributed by atoms with E-state index in [2.05, 4.69) is 0 Å². The molecule has 0 aliphatic heterocycles. The summed E-state index contributed by atoms with van der Waals surface area (Å²) < 4.78 is 1.34. The Morgan fingerprint density at radius 2 is 1.47 bits per heavy atom. The van der Waals surface area contributed by atoms with Gasteiger partial charge in [0.25, 0.3) is 0 Å². The average Bonchev–Trinajstić information content (AvgIpc) is 3.08. The van der Waals surface area contributed by atoms with Gasteiger partial charge in [0.2, 0.25) is 0 Å². The number of hydrogen-bond acceptors (Lipinski definition) is 5. The van der Waals surface area contributed by atoms with Crippen molar-refractivity contribution < 1.29 is 24.9 Å². The van der Waals surface area contributed by atoms with E-state index in [1.165, 1.54) is 28.5 Å². The van der Waals surface area contributed by atoms with Crippen LogP contribution in [0.1, 0.15) is 28.8 Å². The number of ketones is 1. The van der Waals surface area contributed by atoms with E-state index in [1.807, 2.05) is 30.3 Å². The molecule has 0 bridgehead atoms. The number of benzene rings is 2. The summed E-state index contributed by atoms with van der Waals surface area (Å²) >= 11 is 1.43. The molecule has 7 heteroatoms. The van der Waals surface area contributed by atoms with Gasteiger partial charge < -0.3 is 15.3 Å². The summed E-state index contributed by atoms with van der Waals surface area (Å²) in [5, 5.41) is 28.8. The molecule has 156 valence electrons. The van der Waals surface area contributed by atoms with Crippen molar-refractivity contribution >= 4 is 23.5 Å². The number of aromatic hydroxyl groups is 2. The lowest BCUT2D eigenvalue weighted by molar-refractivity contribution is -0.141. The van der Waals surface area contributed by atoms with Crippen molar-refractivity contribution in [3.8, 4) is 11.8 Å². The monoisotopic (exact) mass is 425 g/mol. The average molecular weight is 426 g/mol. The summed E-state index contributed by atoms with van der Waals surface area (Å²) in [6.07, 6.45) is 0.932. The van der Waals surface area contributed by atoms with E-state index < -0.39 is 11.9 Å². The molecule has 30 heavy (non-hydrogen) atoms. The first-order chi connectivity index (χ1) is 14.5. The molecule has 2 aromatic carbocycles. The highest BCUT2D eigenvalue weighted by atomic mass is 32.2. The van der Waals surface area contributed by atoms with Gasteiger partial charge >= 0.3 is 5.97 Å². The molecule has 6 nitrogen and oxygen atoms in total. The van der Waals surface area contributed by atoms with Gasteiger partial charge in [-0.05, 0) is 37.1 Å². The molecule has 0 spiro atoms. The Kier molecular flexibility index (Phi) is 7.19. The van der Waals surface area contributed by atoms with Crippen LogP contribution >= 0.6 is 11.8 Å². The van der Waals surface area contributed by atoms with E-state index in [9.17, 15) is 24.9 Å². The van der Waals surface area contributed by atoms with Gasteiger partial charge in [-0.25, -0.2) is 0 Å². The second-order valence-corrected chi connectivity index (χ2v) is 8.00. The number of nitrogens with zero attached hydrogens (tertiary/aromatic N) is 1. The molecule has 0 radical (unpaired) electrons. The zero-order chi connectivity index (χ0) is 21.5. The SMILES string of the molecule is O=C(c1ccccc1)c1ccc(SCC(CCCn2c(O)ccc2O)C(=O)O)cc1. The van der Waals surface area contributed by atoms with Gasteiger partial charge in [0.05, 0.1) is 5.92 Å². The van der Waals surface area contributed by atoms with E-state index in [0.29, 0.717) is 36.3 Å². The Bertz CT molecular complexity index is 979. The number of carbonyl (C=O) groups is 2. The maximum Gasteiger partial charge on any atom is 0.307 e. The fraction of sp³-hybridized carbons (Fsp3) is 0.217. The van der Waals surface area contributed by atoms with Gasteiger partial charge in [-0.2, -0.15) is 0 Å². The largest absolute Gasteiger partial charge is 0.494 e. The number of aliphatic carboxylic acids is 1. The summed E-state index contributed by atoms with van der Waals surface area (Å²) in [5.41, 5.74) is 1.22. The third-order valence-electron chi connectivity index (χ3n) is 4.82. The maximum absolute atomic E-state index is 12.5. The number of carboxylic acids is 1. The third-order valence-corrected chi connectivity index (χ3v) is 6.00. The van der Waals surface area contributed by atoms with Gasteiger partial charge in [0.15, 0.2) is 17.5 Å². The predicted octanol–water partition coefficient (Wildman–Crippen LogP) is 4.40. The molecule has 3 aromatic rings. The standard InChI is InChI=1S/C23H23NO5S/c25-20-12-13-21(26)24(20)14-4-7-18(23(28)29)15-30-19-10-8-17(9-11-19)22(27)16-5-2-1-3-6-16/h1-3,5-6,8-13,18,25-26H,4,7,14-15H2,(H,28,29). The van der Waals surface area contributed by atoms with Crippen molar-refractivity contribution in [2.45, 2.75) is 24.3 Å². The summed E-state index contributed by atoms with van der Waals surface area (Å²) in [6, 6.07) is 19.0. The second kappa shape index (κ2) is 10.0. The fourth-order valence-electron chi connectivity index (χ4n) is 3.10. The van der Waals surface area contributed by atoms with E-state index >= 15 is 0 Å². The first-order valence-electron chi connectivity index (χ1n) is 9.58. The van der Waals surface area contributed by atoms with Crippen LogP contribution in [0.4, 0.5) is 0 Å². The van der Waals surface area contributed by atoms with E-state index in [1.54, 1.807) is 24.3 Å². The smallest absolute Gasteiger partial charge is 0.307 e. The van der Waals surface area contributed by atoms with Crippen LogP contribution in [0.25, 0.3) is 0 Å². The first kappa shape index (κ1) is 21.5. The van der Waals surface area contributed by atoms with Crippen LogP contribution in [0.2, 0.25) is 0 Å². The minimum Gasteiger partial charge on any atom is -0.494 e. The van der Waals surface area contributed by atoms with Crippen LogP contribution in [-0.2, 0) is 11.3 Å². The number of aromatic nitrogens is 1. The van der Waals surface area contributed by atoms with Gasteiger partial charge in [0.1, 0.15) is 0 Å². The number of rotatable bonds is 10. The summed E-state index contributed by atoms with van der Waals surface area (Å²) in [4.78, 5) is 24.9. The quantitative estimate of drug-likeness (QED) is 0.329. The minimum absolute atomic E-state index is 0.0427. The Labute approximate surface area is 178 Å². The molecular formula is C23H23NO5S. The molecule has 0 saturated carbocycles. The molecule has 3 rings (SSSR count). The molecule has 0 saturated heterocycles. The van der Waals surface area contributed by atoms with Crippen LogP contribution in [0.15, 0.2) is 71.6 Å². The Morgan fingerprint density at radius 1 is 0.867 bits per heavy atom. The Balaban J connectivity index is 1.53. The molecule has 1 atom stereocenters. The molecule has 0 amide bonds. The van der Waals surface area contributed by atoms with Crippen molar-refractivity contribution in [3.63, 3.8) is 0 Å². The molecule has 0 aliphatic carbocycles. The van der Waals surface area contributed by atoms with E-state index in [0.717, 1.165) is 4.90 Å². The molecule has 1 unspecified atom stereocenters. The fourth-order valence-corrected chi connectivity index (χ4v) is 4.14. The molecule has 3 N–H and O–H groups in total. The van der Waals surface area contributed by atoms with Crippen molar-refractivity contribution in [1.82, 2.24) is 4.57 Å². The van der Waals surface area contributed by atoms with Gasteiger partial charge in [-0.15, -0.1) is 11.8 Å². The van der Waals surface area contributed by atoms with Crippen LogP contribution in [0.3, 0.4) is 0 Å². The highest BCUT2D eigenvalue weighted by Crippen LogP contribution is 2.26. The molecule has 1 aromatic heterocycles. The molecule has 0 aliphatic rings. The van der Waals surface area contributed by atoms with E-state index in [4.69, 9.17) is 0 Å². The zero-order valence-electron chi connectivity index (χ0n) is 16.3. The molecular weight excluding hydrogens is 402 g/mol.